The van der Waals surface area contributed by atoms with Crippen LogP contribution in [0.1, 0.15) is 41.5 Å². The number of hydrogen-bond acceptors (Lipinski definition) is 3. The third kappa shape index (κ3) is 5.68. The highest BCUT2D eigenvalue weighted by atomic mass is 16.5. The smallest absolute Gasteiger partial charge is 0.0923 e. The molecule has 1 N–H and O–H groups in total. The summed E-state index contributed by atoms with van der Waals surface area (Å²) in [6.07, 6.45) is 2.81. The summed E-state index contributed by atoms with van der Waals surface area (Å²) in [4.78, 5) is 0. The van der Waals surface area contributed by atoms with Crippen LogP contribution in [-0.4, -0.2) is 43.0 Å². The molecule has 3 nitrogen and oxygen atoms in total. The molecular weight excluding hydrogens is 239 g/mol. The van der Waals surface area contributed by atoms with E-state index in [0.717, 1.165) is 0 Å². The van der Waals surface area contributed by atoms with Crippen LogP contribution >= 0.6 is 0 Å². The molecule has 4 atom stereocenters. The molecule has 1 rings (SSSR count). The number of aliphatic hydroxyl groups excluding tert-OH is 1. The van der Waals surface area contributed by atoms with Crippen LogP contribution in [0.15, 0.2) is 12.2 Å². The molecule has 19 heavy (non-hydrogen) atoms. The fraction of sp³-hybridized carbons (Fsp3) is 0.867. The van der Waals surface area contributed by atoms with E-state index in [1.54, 1.807) is 0 Å². The molecule has 1 aliphatic rings. The van der Waals surface area contributed by atoms with Gasteiger partial charge in [0.05, 0.1) is 37.9 Å². The van der Waals surface area contributed by atoms with E-state index < -0.39 is 6.10 Å². The molecule has 4 heteroatoms. The summed E-state index contributed by atoms with van der Waals surface area (Å²) < 4.78 is 11.8. The quantitative estimate of drug-likeness (QED) is 0.630. The van der Waals surface area contributed by atoms with Crippen LogP contribution in [0.2, 0.25) is 5.82 Å². The average Bonchev–Trinajstić information content (AvgIpc) is 2.21. The normalized spacial score (nSPS) is 32.6. The SMILES string of the molecule is [B][C@@H]1C=C[C@H](COC(C)(C)C)[C@@H](OC(C)(C)C)[C@H]1O. The Bertz CT molecular complexity index is 314. The van der Waals surface area contributed by atoms with Crippen molar-refractivity contribution in [2.24, 2.45) is 5.92 Å². The van der Waals surface area contributed by atoms with Gasteiger partial charge in [-0.1, -0.05) is 12.2 Å². The molecule has 0 fully saturated rings. The van der Waals surface area contributed by atoms with Gasteiger partial charge in [-0.3, -0.25) is 0 Å². The largest absolute Gasteiger partial charge is 0.391 e. The summed E-state index contributed by atoms with van der Waals surface area (Å²) in [6.45, 7) is 12.5. The van der Waals surface area contributed by atoms with Crippen LogP contribution in [0, 0.1) is 5.92 Å². The van der Waals surface area contributed by atoms with E-state index in [4.69, 9.17) is 17.3 Å². The molecule has 0 aromatic carbocycles. The third-order valence-corrected chi connectivity index (χ3v) is 2.93. The summed E-state index contributed by atoms with van der Waals surface area (Å²) in [7, 11) is 5.87. The van der Waals surface area contributed by atoms with Crippen LogP contribution in [-0.2, 0) is 9.47 Å². The first kappa shape index (κ1) is 16.7. The van der Waals surface area contributed by atoms with Crippen LogP contribution in [0.3, 0.4) is 0 Å². The van der Waals surface area contributed by atoms with Gasteiger partial charge in [0.25, 0.3) is 0 Å². The fourth-order valence-electron chi connectivity index (χ4n) is 2.03. The molecular formula is C15H27BO3. The van der Waals surface area contributed by atoms with E-state index in [-0.39, 0.29) is 29.0 Å². The van der Waals surface area contributed by atoms with Crippen LogP contribution in [0.4, 0.5) is 0 Å². The monoisotopic (exact) mass is 266 g/mol. The predicted octanol–water partition coefficient (Wildman–Crippen LogP) is 2.49. The standard InChI is InChI=1S/C15H27BO3/c1-14(2,3)18-9-10-7-8-11(16)12(17)13(10)19-15(4,5)6/h7-8,10-13,17H,9H2,1-6H3/t10-,11-,12+,13-/m1/s1. The Balaban J connectivity index is 2.77. The Morgan fingerprint density at radius 3 is 2.11 bits per heavy atom. The molecule has 0 bridgehead atoms. The Morgan fingerprint density at radius 2 is 1.63 bits per heavy atom. The summed E-state index contributed by atoms with van der Waals surface area (Å²) >= 11 is 0. The molecule has 0 aliphatic heterocycles. The molecule has 0 saturated carbocycles. The zero-order valence-corrected chi connectivity index (χ0v) is 13.0. The number of rotatable bonds is 3. The van der Waals surface area contributed by atoms with Crippen molar-refractivity contribution < 1.29 is 14.6 Å². The van der Waals surface area contributed by atoms with Crippen molar-refractivity contribution in [3.05, 3.63) is 12.2 Å². The molecule has 0 spiro atoms. The van der Waals surface area contributed by atoms with Gasteiger partial charge >= 0.3 is 0 Å². The van der Waals surface area contributed by atoms with Gasteiger partial charge in [-0.2, -0.15) is 0 Å². The molecule has 0 saturated heterocycles. The molecule has 2 radical (unpaired) electrons. The van der Waals surface area contributed by atoms with Crippen molar-refractivity contribution >= 4 is 7.85 Å². The van der Waals surface area contributed by atoms with Crippen molar-refractivity contribution in [1.82, 2.24) is 0 Å². The molecule has 0 aromatic rings. The number of ether oxygens (including phenoxy) is 2. The zero-order chi connectivity index (χ0) is 14.8. The second kappa shape index (κ2) is 5.98. The van der Waals surface area contributed by atoms with Crippen LogP contribution in [0.5, 0.6) is 0 Å². The van der Waals surface area contributed by atoms with Crippen molar-refractivity contribution in [3.8, 4) is 0 Å². The van der Waals surface area contributed by atoms with Gasteiger partial charge < -0.3 is 14.6 Å². The summed E-state index contributed by atoms with van der Waals surface area (Å²) in [5.41, 5.74) is -0.527. The highest BCUT2D eigenvalue weighted by Gasteiger charge is 2.37. The second-order valence-corrected chi connectivity index (χ2v) is 7.23. The molecule has 0 aromatic heterocycles. The average molecular weight is 266 g/mol. The highest BCUT2D eigenvalue weighted by molar-refractivity contribution is 6.13. The van der Waals surface area contributed by atoms with Gasteiger partial charge in [-0.05, 0) is 47.4 Å². The van der Waals surface area contributed by atoms with Crippen molar-refractivity contribution in [2.45, 2.75) is 70.8 Å². The van der Waals surface area contributed by atoms with E-state index in [0.29, 0.717) is 6.61 Å². The fourth-order valence-corrected chi connectivity index (χ4v) is 2.03. The lowest BCUT2D eigenvalue weighted by molar-refractivity contribution is -0.145. The first-order valence-electron chi connectivity index (χ1n) is 6.93. The Morgan fingerprint density at radius 1 is 1.05 bits per heavy atom. The van der Waals surface area contributed by atoms with Gasteiger partial charge in [-0.25, -0.2) is 0 Å². The highest BCUT2D eigenvalue weighted by Crippen LogP contribution is 2.31. The van der Waals surface area contributed by atoms with Gasteiger partial charge in [0.1, 0.15) is 0 Å². The molecule has 0 heterocycles. The van der Waals surface area contributed by atoms with Crippen molar-refractivity contribution in [1.29, 1.82) is 0 Å². The van der Waals surface area contributed by atoms with Gasteiger partial charge in [0.2, 0.25) is 0 Å². The van der Waals surface area contributed by atoms with E-state index in [1.165, 1.54) is 0 Å². The van der Waals surface area contributed by atoms with E-state index in [9.17, 15) is 5.11 Å². The Labute approximate surface area is 118 Å². The zero-order valence-electron chi connectivity index (χ0n) is 13.0. The van der Waals surface area contributed by atoms with E-state index >= 15 is 0 Å². The van der Waals surface area contributed by atoms with Crippen LogP contribution < -0.4 is 0 Å². The van der Waals surface area contributed by atoms with Crippen molar-refractivity contribution in [2.75, 3.05) is 6.61 Å². The third-order valence-electron chi connectivity index (χ3n) is 2.93. The number of hydrogen-bond donors (Lipinski definition) is 1. The Hall–Kier alpha value is -0.315. The number of aliphatic hydroxyl groups is 1. The molecule has 0 amide bonds. The first-order chi connectivity index (χ1) is 8.49. The summed E-state index contributed by atoms with van der Waals surface area (Å²) in [6, 6.07) is 0. The molecule has 108 valence electrons. The lowest BCUT2D eigenvalue weighted by Crippen LogP contribution is -2.46. The minimum atomic E-state index is -0.696. The summed E-state index contributed by atoms with van der Waals surface area (Å²) in [5.74, 6) is -0.355. The van der Waals surface area contributed by atoms with Gasteiger partial charge in [0, 0.05) is 5.92 Å². The molecule has 0 unspecified atom stereocenters. The lowest BCUT2D eigenvalue weighted by Gasteiger charge is -2.40. The van der Waals surface area contributed by atoms with Crippen LogP contribution in [0.25, 0.3) is 0 Å². The maximum Gasteiger partial charge on any atom is 0.0923 e. The first-order valence-corrected chi connectivity index (χ1v) is 6.93. The lowest BCUT2D eigenvalue weighted by atomic mass is 9.73. The molecule has 1 aliphatic carbocycles. The summed E-state index contributed by atoms with van der Waals surface area (Å²) in [5, 5.41) is 10.2. The van der Waals surface area contributed by atoms with Gasteiger partial charge in [0.15, 0.2) is 0 Å². The second-order valence-electron chi connectivity index (χ2n) is 7.23. The van der Waals surface area contributed by atoms with E-state index in [1.807, 2.05) is 53.7 Å². The van der Waals surface area contributed by atoms with Crippen molar-refractivity contribution in [3.63, 3.8) is 0 Å². The van der Waals surface area contributed by atoms with Gasteiger partial charge in [-0.15, -0.1) is 0 Å². The Kier molecular flexibility index (Phi) is 5.27. The minimum absolute atomic E-state index is 0.0215. The maximum absolute atomic E-state index is 10.2. The predicted molar refractivity (Wildman–Crippen MR) is 78.5 cm³/mol. The maximum atomic E-state index is 10.2. The topological polar surface area (TPSA) is 38.7 Å². The minimum Gasteiger partial charge on any atom is -0.391 e. The van der Waals surface area contributed by atoms with E-state index in [2.05, 4.69) is 0 Å².